The number of piperidine rings is 1. The van der Waals surface area contributed by atoms with Crippen molar-refractivity contribution in [3.63, 3.8) is 0 Å². The third-order valence-corrected chi connectivity index (χ3v) is 6.21. The molecule has 0 saturated carbocycles. The molecule has 1 fully saturated rings. The van der Waals surface area contributed by atoms with E-state index in [9.17, 15) is 35.9 Å². The molecule has 1 amide bonds. The number of nitrogens with one attached hydrogen (secondary N) is 1. The van der Waals surface area contributed by atoms with Gasteiger partial charge in [0.15, 0.2) is 0 Å². The molecule has 0 spiro atoms. The van der Waals surface area contributed by atoms with Crippen molar-refractivity contribution in [1.82, 2.24) is 10.2 Å². The zero-order valence-corrected chi connectivity index (χ0v) is 19.8. The van der Waals surface area contributed by atoms with Crippen LogP contribution in [0, 0.1) is 0 Å². The van der Waals surface area contributed by atoms with E-state index >= 15 is 0 Å². The van der Waals surface area contributed by atoms with Gasteiger partial charge in [0.25, 0.3) is 5.91 Å². The van der Waals surface area contributed by atoms with Crippen molar-refractivity contribution in [2.24, 2.45) is 0 Å². The van der Waals surface area contributed by atoms with Crippen LogP contribution in [0.4, 0.5) is 26.3 Å². The number of rotatable bonds is 6. The first kappa shape index (κ1) is 27.8. The third kappa shape index (κ3) is 7.13. The number of amides is 1. The lowest BCUT2D eigenvalue weighted by Gasteiger charge is -2.40. The maximum Gasteiger partial charge on any atom is 0.416 e. The standard InChI is InChI=1S/C24H23ClF6N2O3/c1-36-21(34)13-32-19-6-7-33(20(12-19)8-14-2-4-18(25)5-3-14)22(35)15-9-16(23(26,27)28)11-17(10-15)24(29,30)31/h2-5,9-11,19-20,32H,6-8,12-13H2,1H3/t19-,20+/m0/s1. The van der Waals surface area contributed by atoms with Crippen LogP contribution in [-0.4, -0.2) is 49.1 Å². The molecule has 36 heavy (non-hydrogen) atoms. The lowest BCUT2D eigenvalue weighted by atomic mass is 9.91. The van der Waals surface area contributed by atoms with Gasteiger partial charge < -0.3 is 15.0 Å². The summed E-state index contributed by atoms with van der Waals surface area (Å²) in [6.07, 6.45) is -9.20. The molecule has 1 N–H and O–H groups in total. The van der Waals surface area contributed by atoms with Gasteiger partial charge in [-0.3, -0.25) is 9.59 Å². The topological polar surface area (TPSA) is 58.6 Å². The largest absolute Gasteiger partial charge is 0.468 e. The summed E-state index contributed by atoms with van der Waals surface area (Å²) in [6.45, 7) is -0.0150. The minimum Gasteiger partial charge on any atom is -0.468 e. The van der Waals surface area contributed by atoms with Crippen LogP contribution in [0.15, 0.2) is 42.5 Å². The number of halogens is 7. The molecule has 0 unspecified atom stereocenters. The molecule has 1 aliphatic heterocycles. The molecule has 2 aromatic rings. The zero-order chi connectivity index (χ0) is 26.7. The van der Waals surface area contributed by atoms with Crippen LogP contribution < -0.4 is 5.32 Å². The van der Waals surface area contributed by atoms with Gasteiger partial charge in [-0.25, -0.2) is 0 Å². The fourth-order valence-electron chi connectivity index (χ4n) is 4.13. The summed E-state index contributed by atoms with van der Waals surface area (Å²) in [4.78, 5) is 26.1. The van der Waals surface area contributed by atoms with Crippen molar-refractivity contribution in [3.05, 3.63) is 69.7 Å². The second-order valence-electron chi connectivity index (χ2n) is 8.46. The van der Waals surface area contributed by atoms with E-state index in [1.54, 1.807) is 24.3 Å². The first-order valence-corrected chi connectivity index (χ1v) is 11.3. The first-order chi connectivity index (χ1) is 16.8. The van der Waals surface area contributed by atoms with Gasteiger partial charge in [0.05, 0.1) is 24.8 Å². The molecule has 1 aliphatic rings. The summed E-state index contributed by atoms with van der Waals surface area (Å²) in [5.41, 5.74) is -3.02. The van der Waals surface area contributed by atoms with E-state index in [4.69, 9.17) is 11.6 Å². The summed E-state index contributed by atoms with van der Waals surface area (Å²) < 4.78 is 84.5. The molecular formula is C24H23ClF6N2O3. The zero-order valence-electron chi connectivity index (χ0n) is 19.0. The molecular weight excluding hydrogens is 514 g/mol. The predicted molar refractivity (Wildman–Crippen MR) is 119 cm³/mol. The van der Waals surface area contributed by atoms with Crippen molar-refractivity contribution in [2.45, 2.75) is 43.7 Å². The van der Waals surface area contributed by atoms with Gasteiger partial charge in [-0.2, -0.15) is 26.3 Å². The number of hydrogen-bond acceptors (Lipinski definition) is 4. The molecule has 0 aromatic heterocycles. The Morgan fingerprint density at radius 1 is 1.03 bits per heavy atom. The molecule has 0 aliphatic carbocycles. The first-order valence-electron chi connectivity index (χ1n) is 10.9. The Balaban J connectivity index is 1.92. The van der Waals surface area contributed by atoms with Gasteiger partial charge in [0.1, 0.15) is 0 Å². The molecule has 12 heteroatoms. The number of likely N-dealkylation sites (tertiary alicyclic amines) is 1. The highest BCUT2D eigenvalue weighted by Crippen LogP contribution is 2.37. The SMILES string of the molecule is COC(=O)CN[C@H]1CCN(C(=O)c2cc(C(F)(F)F)cc(C(F)(F)F)c2)[C@H](Cc2ccc(Cl)cc2)C1. The quantitative estimate of drug-likeness (QED) is 0.399. The minimum atomic E-state index is -5.07. The van der Waals surface area contributed by atoms with Crippen LogP contribution in [0.5, 0.6) is 0 Å². The highest BCUT2D eigenvalue weighted by Gasteiger charge is 2.39. The second-order valence-corrected chi connectivity index (χ2v) is 8.89. The predicted octanol–water partition coefficient (Wildman–Crippen LogP) is 5.36. The fourth-order valence-corrected chi connectivity index (χ4v) is 4.26. The Bertz CT molecular complexity index is 1060. The van der Waals surface area contributed by atoms with Crippen LogP contribution >= 0.6 is 11.6 Å². The van der Waals surface area contributed by atoms with E-state index in [1.807, 2.05) is 0 Å². The number of methoxy groups -OCH3 is 1. The van der Waals surface area contributed by atoms with Crippen LogP contribution in [-0.2, 0) is 28.3 Å². The molecule has 0 bridgehead atoms. The Kier molecular flexibility index (Phi) is 8.55. The van der Waals surface area contributed by atoms with E-state index in [-0.39, 0.29) is 31.6 Å². The van der Waals surface area contributed by atoms with Gasteiger partial charge in [0, 0.05) is 29.2 Å². The summed E-state index contributed by atoms with van der Waals surface area (Å²) in [5.74, 6) is -1.43. The molecule has 5 nitrogen and oxygen atoms in total. The van der Waals surface area contributed by atoms with Gasteiger partial charge in [-0.05, 0) is 55.2 Å². The van der Waals surface area contributed by atoms with Crippen molar-refractivity contribution < 1.29 is 40.7 Å². The number of alkyl halides is 6. The maximum atomic E-state index is 13.3. The van der Waals surface area contributed by atoms with E-state index in [2.05, 4.69) is 10.1 Å². The van der Waals surface area contributed by atoms with Crippen molar-refractivity contribution in [2.75, 3.05) is 20.2 Å². The molecule has 1 saturated heterocycles. The van der Waals surface area contributed by atoms with Crippen LogP contribution in [0.3, 0.4) is 0 Å². The molecule has 2 atom stereocenters. The van der Waals surface area contributed by atoms with E-state index in [0.29, 0.717) is 30.0 Å². The Morgan fingerprint density at radius 2 is 1.61 bits per heavy atom. The molecule has 0 radical (unpaired) electrons. The number of benzene rings is 2. The lowest BCUT2D eigenvalue weighted by Crippen LogP contribution is -2.52. The average Bonchev–Trinajstić information content (AvgIpc) is 2.82. The Morgan fingerprint density at radius 3 is 2.14 bits per heavy atom. The molecule has 196 valence electrons. The third-order valence-electron chi connectivity index (χ3n) is 5.96. The molecule has 2 aromatic carbocycles. The molecule has 3 rings (SSSR count). The average molecular weight is 537 g/mol. The summed E-state index contributed by atoms with van der Waals surface area (Å²) in [6, 6.07) is 6.82. The van der Waals surface area contributed by atoms with E-state index in [1.165, 1.54) is 12.0 Å². The summed E-state index contributed by atoms with van der Waals surface area (Å²) >= 11 is 5.92. The number of esters is 1. The van der Waals surface area contributed by atoms with Crippen LogP contribution in [0.2, 0.25) is 5.02 Å². The number of hydrogen-bond donors (Lipinski definition) is 1. The van der Waals surface area contributed by atoms with Gasteiger partial charge in [-0.15, -0.1) is 0 Å². The number of ether oxygens (including phenoxy) is 1. The summed E-state index contributed by atoms with van der Waals surface area (Å²) in [5, 5.41) is 3.51. The minimum absolute atomic E-state index is 0.00899. The van der Waals surface area contributed by atoms with Gasteiger partial charge in [0.2, 0.25) is 0 Å². The van der Waals surface area contributed by atoms with Crippen LogP contribution in [0.1, 0.15) is 39.9 Å². The Hall–Kier alpha value is -2.79. The monoisotopic (exact) mass is 536 g/mol. The second kappa shape index (κ2) is 11.1. The number of carbonyl (C=O) groups excluding carboxylic acids is 2. The highest BCUT2D eigenvalue weighted by atomic mass is 35.5. The maximum absolute atomic E-state index is 13.3. The van der Waals surface area contributed by atoms with E-state index < -0.39 is 47.0 Å². The number of nitrogens with zero attached hydrogens (tertiary/aromatic N) is 1. The molecule has 1 heterocycles. The summed E-state index contributed by atoms with van der Waals surface area (Å²) in [7, 11) is 1.24. The van der Waals surface area contributed by atoms with Crippen molar-refractivity contribution in [3.8, 4) is 0 Å². The van der Waals surface area contributed by atoms with Gasteiger partial charge in [-0.1, -0.05) is 23.7 Å². The smallest absolute Gasteiger partial charge is 0.416 e. The number of carbonyl (C=O) groups is 2. The van der Waals surface area contributed by atoms with Crippen molar-refractivity contribution >= 4 is 23.5 Å². The highest BCUT2D eigenvalue weighted by molar-refractivity contribution is 6.30. The van der Waals surface area contributed by atoms with E-state index in [0.717, 1.165) is 5.56 Å². The Labute approximate surface area is 208 Å². The lowest BCUT2D eigenvalue weighted by molar-refractivity contribution is -0.143. The normalized spacial score (nSPS) is 18.7. The van der Waals surface area contributed by atoms with Gasteiger partial charge >= 0.3 is 18.3 Å². The fraction of sp³-hybridized carbons (Fsp3) is 0.417. The van der Waals surface area contributed by atoms with Crippen LogP contribution in [0.25, 0.3) is 0 Å². The van der Waals surface area contributed by atoms with Crippen molar-refractivity contribution in [1.29, 1.82) is 0 Å².